The Labute approximate surface area is 136 Å². The van der Waals surface area contributed by atoms with Gasteiger partial charge in [-0.3, -0.25) is 4.79 Å². The van der Waals surface area contributed by atoms with Crippen molar-refractivity contribution in [3.63, 3.8) is 0 Å². The summed E-state index contributed by atoms with van der Waals surface area (Å²) in [6, 6.07) is -3.04. The van der Waals surface area contributed by atoms with Crippen LogP contribution in [0.5, 0.6) is 0 Å². The van der Waals surface area contributed by atoms with Crippen LogP contribution >= 0.6 is 0 Å². The molecule has 2 amide bonds. The number of hydrogen-bond donors (Lipinski definition) is 6. The molecule has 12 nitrogen and oxygen atoms in total. The van der Waals surface area contributed by atoms with Gasteiger partial charge in [-0.05, 0) is 13.3 Å². The van der Waals surface area contributed by atoms with Gasteiger partial charge in [0.05, 0.1) is 18.7 Å². The van der Waals surface area contributed by atoms with E-state index in [2.05, 4.69) is 20.8 Å². The number of rotatable bonds is 9. The van der Waals surface area contributed by atoms with Crippen LogP contribution in [0.4, 0.5) is 4.79 Å². The minimum Gasteiger partial charge on any atom is -0.481 e. The monoisotopic (exact) mass is 345 g/mol. The van der Waals surface area contributed by atoms with Crippen molar-refractivity contribution >= 4 is 18.0 Å². The minimum absolute atomic E-state index is 0.00912. The largest absolute Gasteiger partial charge is 0.481 e. The van der Waals surface area contributed by atoms with Crippen LogP contribution in [0.15, 0.2) is 4.52 Å². The van der Waals surface area contributed by atoms with Crippen molar-refractivity contribution in [3.8, 4) is 0 Å². The fraction of sp³-hybridized carbons (Fsp3) is 0.583. The number of carbonyl (C=O) groups excluding carboxylic acids is 1. The number of nitrogens with two attached hydrogens (primary N) is 1. The average molecular weight is 345 g/mol. The third-order valence-electron chi connectivity index (χ3n) is 2.92. The number of nitrogens with zero attached hydrogens (tertiary/aromatic N) is 2. The number of hydrogen-bond acceptors (Lipinski definition) is 8. The topological polar surface area (TPSA) is 201 Å². The summed E-state index contributed by atoms with van der Waals surface area (Å²) in [6.07, 6.45) is -1.31. The molecule has 0 aromatic carbocycles. The highest BCUT2D eigenvalue weighted by Gasteiger charge is 2.25. The smallest absolute Gasteiger partial charge is 0.328 e. The van der Waals surface area contributed by atoms with E-state index in [1.54, 1.807) is 0 Å². The minimum atomic E-state index is -1.47. The molecule has 24 heavy (non-hydrogen) atoms. The number of nitrogens with one attached hydrogen (secondary N) is 2. The molecule has 0 spiro atoms. The molecule has 2 unspecified atom stereocenters. The van der Waals surface area contributed by atoms with Gasteiger partial charge in [0.1, 0.15) is 0 Å². The number of urea groups is 1. The van der Waals surface area contributed by atoms with Gasteiger partial charge < -0.3 is 36.2 Å². The molecule has 7 N–H and O–H groups in total. The van der Waals surface area contributed by atoms with Crippen molar-refractivity contribution in [2.24, 2.45) is 5.73 Å². The lowest BCUT2D eigenvalue weighted by Gasteiger charge is -2.16. The number of carboxylic acids is 2. The first-order chi connectivity index (χ1) is 11.2. The Morgan fingerprint density at radius 1 is 1.33 bits per heavy atom. The average Bonchev–Trinajstić information content (AvgIpc) is 2.96. The summed E-state index contributed by atoms with van der Waals surface area (Å²) < 4.78 is 4.85. The van der Waals surface area contributed by atoms with Crippen molar-refractivity contribution in [2.75, 3.05) is 0 Å². The Kier molecular flexibility index (Phi) is 7.07. The number of aliphatic hydroxyl groups excluding tert-OH is 1. The maximum atomic E-state index is 11.6. The zero-order valence-corrected chi connectivity index (χ0v) is 12.8. The fourth-order valence-corrected chi connectivity index (χ4v) is 1.64. The van der Waals surface area contributed by atoms with Crippen LogP contribution in [0.2, 0.25) is 0 Å². The Bertz CT molecular complexity index is 588. The Balaban J connectivity index is 2.49. The lowest BCUT2D eigenvalue weighted by Crippen LogP contribution is -2.51. The second-order valence-corrected chi connectivity index (χ2v) is 4.97. The highest BCUT2D eigenvalue weighted by Crippen LogP contribution is 2.12. The van der Waals surface area contributed by atoms with Crippen LogP contribution in [0.25, 0.3) is 0 Å². The van der Waals surface area contributed by atoms with Crippen LogP contribution in [0, 0.1) is 0 Å². The van der Waals surface area contributed by atoms with Gasteiger partial charge in [0.25, 0.3) is 0 Å². The highest BCUT2D eigenvalue weighted by atomic mass is 16.5. The lowest BCUT2D eigenvalue weighted by molar-refractivity contribution is -0.142. The molecule has 0 aliphatic carbocycles. The standard InChI is InChI=1S/C12H19N5O7/c1-5(18)9(11(21)22)16-12(23)14-4-7-15-10(17-24-7)6(13)2-3-8(19)20/h5-6,9,18H,2-4,13H2,1H3,(H,19,20)(H,21,22)(H2,14,16,23)/t5?,6-,9?/m0/s1. The van der Waals surface area contributed by atoms with Crippen molar-refractivity contribution < 1.29 is 34.2 Å². The second kappa shape index (κ2) is 8.79. The maximum Gasteiger partial charge on any atom is 0.328 e. The first-order valence-corrected chi connectivity index (χ1v) is 6.95. The Hall–Kier alpha value is -2.73. The predicted octanol–water partition coefficient (Wildman–Crippen LogP) is -1.43. The molecule has 3 atom stereocenters. The zero-order chi connectivity index (χ0) is 18.3. The van der Waals surface area contributed by atoms with E-state index >= 15 is 0 Å². The first-order valence-electron chi connectivity index (χ1n) is 6.95. The van der Waals surface area contributed by atoms with Crippen molar-refractivity contribution in [1.29, 1.82) is 0 Å². The predicted molar refractivity (Wildman–Crippen MR) is 76.6 cm³/mol. The molecule has 0 aliphatic rings. The van der Waals surface area contributed by atoms with Gasteiger partial charge in [0.2, 0.25) is 5.89 Å². The Morgan fingerprint density at radius 3 is 2.54 bits per heavy atom. The van der Waals surface area contributed by atoms with Crippen molar-refractivity contribution in [3.05, 3.63) is 11.7 Å². The number of amides is 2. The van der Waals surface area contributed by atoms with Crippen LogP contribution in [0.3, 0.4) is 0 Å². The summed E-state index contributed by atoms with van der Waals surface area (Å²) in [5.74, 6) is -2.28. The van der Waals surface area contributed by atoms with Gasteiger partial charge >= 0.3 is 18.0 Å². The summed E-state index contributed by atoms with van der Waals surface area (Å²) in [5.41, 5.74) is 5.70. The molecule has 1 aromatic rings. The molecule has 0 radical (unpaired) electrons. The van der Waals surface area contributed by atoms with Gasteiger partial charge in [-0.2, -0.15) is 4.98 Å². The lowest BCUT2D eigenvalue weighted by atomic mass is 10.1. The summed E-state index contributed by atoms with van der Waals surface area (Å²) in [4.78, 5) is 36.8. The van der Waals surface area contributed by atoms with E-state index in [0.717, 1.165) is 0 Å². The van der Waals surface area contributed by atoms with Crippen LogP contribution in [0.1, 0.15) is 37.5 Å². The van der Waals surface area contributed by atoms with Gasteiger partial charge in [-0.25, -0.2) is 9.59 Å². The number of carboxylic acid groups (broad SMARTS) is 2. The molecule has 0 bridgehead atoms. The third kappa shape index (κ3) is 6.18. The van der Waals surface area contributed by atoms with Crippen LogP contribution < -0.4 is 16.4 Å². The summed E-state index contributed by atoms with van der Waals surface area (Å²) in [6.45, 7) is 1.03. The number of aliphatic carboxylic acids is 2. The molecule has 0 saturated heterocycles. The molecule has 134 valence electrons. The fourth-order valence-electron chi connectivity index (χ4n) is 1.64. The molecule has 1 rings (SSSR count). The van der Waals surface area contributed by atoms with Gasteiger partial charge in [0, 0.05) is 6.42 Å². The highest BCUT2D eigenvalue weighted by molar-refractivity contribution is 5.82. The SMILES string of the molecule is CC(O)C(NC(=O)NCc1nc([C@@H](N)CCC(=O)O)no1)C(=O)O. The molecule has 0 saturated carbocycles. The van der Waals surface area contributed by atoms with E-state index in [4.69, 9.17) is 20.5 Å². The summed E-state index contributed by atoms with van der Waals surface area (Å²) in [5, 5.41) is 34.6. The molecule has 12 heteroatoms. The zero-order valence-electron chi connectivity index (χ0n) is 12.8. The molecular weight excluding hydrogens is 326 g/mol. The van der Waals surface area contributed by atoms with Crippen molar-refractivity contribution in [1.82, 2.24) is 20.8 Å². The van der Waals surface area contributed by atoms with E-state index in [1.807, 2.05) is 0 Å². The van der Waals surface area contributed by atoms with Crippen molar-refractivity contribution in [2.45, 2.75) is 44.5 Å². The third-order valence-corrected chi connectivity index (χ3v) is 2.92. The molecule has 1 heterocycles. The first kappa shape index (κ1) is 19.3. The van der Waals surface area contributed by atoms with Crippen LogP contribution in [-0.4, -0.2) is 55.6 Å². The van der Waals surface area contributed by atoms with E-state index in [0.29, 0.717) is 0 Å². The van der Waals surface area contributed by atoms with Gasteiger partial charge in [-0.1, -0.05) is 5.16 Å². The van der Waals surface area contributed by atoms with Gasteiger partial charge in [0.15, 0.2) is 11.9 Å². The number of aliphatic hydroxyl groups is 1. The molecule has 1 aromatic heterocycles. The van der Waals surface area contributed by atoms with E-state index in [9.17, 15) is 19.5 Å². The normalized spacial score (nSPS) is 14.5. The molecule has 0 fully saturated rings. The van der Waals surface area contributed by atoms with Gasteiger partial charge in [-0.15, -0.1) is 0 Å². The summed E-state index contributed by atoms with van der Waals surface area (Å²) in [7, 11) is 0. The maximum absolute atomic E-state index is 11.6. The Morgan fingerprint density at radius 2 is 2.00 bits per heavy atom. The van der Waals surface area contributed by atoms with E-state index < -0.39 is 36.2 Å². The molecule has 0 aliphatic heterocycles. The second-order valence-electron chi connectivity index (χ2n) is 4.97. The molecular formula is C12H19N5O7. The summed E-state index contributed by atoms with van der Waals surface area (Å²) >= 11 is 0. The number of carbonyl (C=O) groups is 3. The quantitative estimate of drug-likeness (QED) is 0.308. The van der Waals surface area contributed by atoms with E-state index in [-0.39, 0.29) is 31.1 Å². The van der Waals surface area contributed by atoms with Crippen LogP contribution in [-0.2, 0) is 16.1 Å². The number of aromatic nitrogens is 2. The van der Waals surface area contributed by atoms with E-state index in [1.165, 1.54) is 6.92 Å².